The minimum absolute atomic E-state index is 0.0971. The zero-order valence-electron chi connectivity index (χ0n) is 18.2. The molecule has 0 atom stereocenters. The molecule has 0 radical (unpaired) electrons. The molecule has 29 heavy (non-hydrogen) atoms. The number of carbonyl (C=O) groups is 1. The minimum atomic E-state index is -0.343. The molecule has 0 fully saturated rings. The predicted octanol–water partition coefficient (Wildman–Crippen LogP) is 6.12. The van der Waals surface area contributed by atoms with Crippen molar-refractivity contribution in [3.63, 3.8) is 0 Å². The molecule has 3 aromatic rings. The van der Waals surface area contributed by atoms with Crippen LogP contribution >= 0.6 is 11.3 Å². The number of amides is 1. The second-order valence-corrected chi connectivity index (χ2v) is 9.74. The van der Waals surface area contributed by atoms with Gasteiger partial charge < -0.3 is 10.3 Å². The first kappa shape index (κ1) is 21.4. The molecule has 0 spiro atoms. The number of aryl methyl sites for hydroxylation is 1. The van der Waals surface area contributed by atoms with Crippen molar-refractivity contribution in [2.24, 2.45) is 5.73 Å². The van der Waals surface area contributed by atoms with Crippen LogP contribution in [0.15, 0.2) is 41.8 Å². The highest BCUT2D eigenvalue weighted by atomic mass is 32.1. The van der Waals surface area contributed by atoms with E-state index in [0.29, 0.717) is 5.56 Å². The number of carbonyl (C=O) groups excluding carboxylic acids is 1. The lowest BCUT2D eigenvalue weighted by molar-refractivity contribution is 0.1000. The van der Waals surface area contributed by atoms with Crippen molar-refractivity contribution in [1.29, 1.82) is 0 Å². The number of primary amides is 1. The molecule has 4 heteroatoms. The molecule has 2 heterocycles. The molecule has 0 saturated heterocycles. The molecular formula is C25H32N2OS. The van der Waals surface area contributed by atoms with Gasteiger partial charge in [-0.25, -0.2) is 0 Å². The van der Waals surface area contributed by atoms with Gasteiger partial charge >= 0.3 is 0 Å². The molecular weight excluding hydrogens is 376 g/mol. The molecule has 0 saturated carbocycles. The van der Waals surface area contributed by atoms with E-state index in [1.165, 1.54) is 16.1 Å². The van der Waals surface area contributed by atoms with E-state index in [1.54, 1.807) is 11.3 Å². The quantitative estimate of drug-likeness (QED) is 0.503. The molecule has 3 nitrogen and oxygen atoms in total. The third kappa shape index (κ3) is 4.48. The highest BCUT2D eigenvalue weighted by molar-refractivity contribution is 7.09. The lowest BCUT2D eigenvalue weighted by Gasteiger charge is -2.19. The first-order chi connectivity index (χ1) is 13.7. The number of aromatic nitrogens is 1. The molecule has 3 rings (SSSR count). The highest BCUT2D eigenvalue weighted by Gasteiger charge is 2.24. The minimum Gasteiger partial charge on any atom is -0.366 e. The van der Waals surface area contributed by atoms with E-state index in [2.05, 4.69) is 74.0 Å². The number of nitrogens with zero attached hydrogens (tertiary/aromatic N) is 1. The Hall–Kier alpha value is -2.33. The van der Waals surface area contributed by atoms with E-state index in [-0.39, 0.29) is 11.3 Å². The smallest absolute Gasteiger partial charge is 0.251 e. The molecule has 154 valence electrons. The van der Waals surface area contributed by atoms with Crippen LogP contribution in [0.25, 0.3) is 11.1 Å². The number of benzene rings is 1. The van der Waals surface area contributed by atoms with Crippen molar-refractivity contribution in [3.05, 3.63) is 69.2 Å². The van der Waals surface area contributed by atoms with Crippen molar-refractivity contribution in [3.8, 4) is 11.1 Å². The van der Waals surface area contributed by atoms with Gasteiger partial charge in [0.2, 0.25) is 0 Å². The van der Waals surface area contributed by atoms with Crippen LogP contribution < -0.4 is 5.73 Å². The summed E-state index contributed by atoms with van der Waals surface area (Å²) in [5.41, 5.74) is 12.2. The Balaban J connectivity index is 2.11. The normalized spacial score (nSPS) is 11.8. The lowest BCUT2D eigenvalue weighted by Crippen LogP contribution is -2.14. The third-order valence-corrected chi connectivity index (χ3v) is 6.50. The van der Waals surface area contributed by atoms with Crippen LogP contribution in [0.5, 0.6) is 0 Å². The molecule has 0 unspecified atom stereocenters. The number of nitrogens with two attached hydrogens (primary N) is 1. The fourth-order valence-electron chi connectivity index (χ4n) is 4.02. The van der Waals surface area contributed by atoms with E-state index in [4.69, 9.17) is 5.73 Å². The largest absolute Gasteiger partial charge is 0.366 e. The first-order valence-corrected chi connectivity index (χ1v) is 11.3. The van der Waals surface area contributed by atoms with Crippen LogP contribution in [0, 0.1) is 6.92 Å². The summed E-state index contributed by atoms with van der Waals surface area (Å²) in [6.07, 6.45) is 2.91. The van der Waals surface area contributed by atoms with Crippen LogP contribution in [0.3, 0.4) is 0 Å². The monoisotopic (exact) mass is 408 g/mol. The summed E-state index contributed by atoms with van der Waals surface area (Å²) >= 11 is 1.78. The summed E-state index contributed by atoms with van der Waals surface area (Å²) in [5, 5.41) is 2.11. The Bertz CT molecular complexity index is 973. The van der Waals surface area contributed by atoms with Gasteiger partial charge in [0.15, 0.2) is 0 Å². The average Bonchev–Trinajstić information content (AvgIpc) is 3.26. The van der Waals surface area contributed by atoms with Gasteiger partial charge in [-0.2, -0.15) is 0 Å². The summed E-state index contributed by atoms with van der Waals surface area (Å²) in [6, 6.07) is 12.9. The number of hydrogen-bond acceptors (Lipinski definition) is 2. The van der Waals surface area contributed by atoms with Crippen LogP contribution in [0.4, 0.5) is 0 Å². The van der Waals surface area contributed by atoms with Crippen molar-refractivity contribution < 1.29 is 4.79 Å². The summed E-state index contributed by atoms with van der Waals surface area (Å²) in [7, 11) is 0. The molecule has 2 N–H and O–H groups in total. The van der Waals surface area contributed by atoms with Crippen LogP contribution in [0.2, 0.25) is 0 Å². The zero-order chi connectivity index (χ0) is 21.2. The van der Waals surface area contributed by atoms with Crippen LogP contribution in [-0.2, 0) is 24.8 Å². The van der Waals surface area contributed by atoms with E-state index >= 15 is 0 Å². The van der Waals surface area contributed by atoms with Gasteiger partial charge in [-0.05, 0) is 47.8 Å². The summed E-state index contributed by atoms with van der Waals surface area (Å²) in [4.78, 5) is 13.8. The SMILES string of the molecule is CCCc1c(-c2ccc(C(C)(C)C)cc2)c(C(N)=O)c(C)n1CCc1cccs1. The van der Waals surface area contributed by atoms with Gasteiger partial charge in [0, 0.05) is 28.4 Å². The van der Waals surface area contributed by atoms with E-state index in [1.807, 2.05) is 6.92 Å². The maximum absolute atomic E-state index is 12.5. The summed E-state index contributed by atoms with van der Waals surface area (Å²) in [6.45, 7) is 11.7. The van der Waals surface area contributed by atoms with Crippen molar-refractivity contribution >= 4 is 17.2 Å². The topological polar surface area (TPSA) is 48.0 Å². The number of rotatable bonds is 7. The Kier molecular flexibility index (Phi) is 6.33. The second-order valence-electron chi connectivity index (χ2n) is 8.70. The molecule has 0 bridgehead atoms. The number of thiophene rings is 1. The fourth-order valence-corrected chi connectivity index (χ4v) is 4.72. The maximum Gasteiger partial charge on any atom is 0.251 e. The highest BCUT2D eigenvalue weighted by Crippen LogP contribution is 2.35. The summed E-state index contributed by atoms with van der Waals surface area (Å²) < 4.78 is 2.32. The van der Waals surface area contributed by atoms with Gasteiger partial charge in [-0.3, -0.25) is 4.79 Å². The maximum atomic E-state index is 12.5. The summed E-state index contributed by atoms with van der Waals surface area (Å²) in [5.74, 6) is -0.343. The first-order valence-electron chi connectivity index (χ1n) is 10.4. The van der Waals surface area contributed by atoms with Gasteiger partial charge in [-0.15, -0.1) is 11.3 Å². The zero-order valence-corrected chi connectivity index (χ0v) is 19.0. The van der Waals surface area contributed by atoms with Gasteiger partial charge in [0.1, 0.15) is 0 Å². The van der Waals surface area contributed by atoms with Gasteiger partial charge in [-0.1, -0.05) is 64.4 Å². The van der Waals surface area contributed by atoms with Crippen molar-refractivity contribution in [1.82, 2.24) is 4.57 Å². The van der Waals surface area contributed by atoms with Crippen LogP contribution in [-0.4, -0.2) is 10.5 Å². The molecule has 1 aromatic carbocycles. The lowest BCUT2D eigenvalue weighted by atomic mass is 9.86. The Labute approximate surface area is 178 Å². The van der Waals surface area contributed by atoms with Gasteiger partial charge in [0.05, 0.1) is 5.56 Å². The van der Waals surface area contributed by atoms with E-state index in [0.717, 1.165) is 42.6 Å². The molecule has 0 aliphatic carbocycles. The fraction of sp³-hybridized carbons (Fsp3) is 0.400. The van der Waals surface area contributed by atoms with Crippen molar-refractivity contribution in [2.45, 2.75) is 65.8 Å². The predicted molar refractivity (Wildman–Crippen MR) is 124 cm³/mol. The Morgan fingerprint density at radius 1 is 1.10 bits per heavy atom. The molecule has 2 aromatic heterocycles. The Morgan fingerprint density at radius 2 is 1.79 bits per heavy atom. The van der Waals surface area contributed by atoms with Crippen molar-refractivity contribution in [2.75, 3.05) is 0 Å². The Morgan fingerprint density at radius 3 is 2.31 bits per heavy atom. The third-order valence-electron chi connectivity index (χ3n) is 5.57. The average molecular weight is 409 g/mol. The van der Waals surface area contributed by atoms with E-state index in [9.17, 15) is 4.79 Å². The molecule has 0 aliphatic rings. The van der Waals surface area contributed by atoms with E-state index < -0.39 is 0 Å². The second kappa shape index (κ2) is 8.58. The van der Waals surface area contributed by atoms with Gasteiger partial charge in [0.25, 0.3) is 5.91 Å². The standard InChI is InChI=1S/C25H32N2OS/c1-6-8-21-23(18-10-12-19(13-11-18)25(3,4)5)22(24(26)28)17(2)27(21)15-14-20-9-7-16-29-20/h7,9-13,16H,6,8,14-15H2,1-5H3,(H2,26,28). The molecule has 0 aliphatic heterocycles. The van der Waals surface area contributed by atoms with Crippen LogP contribution in [0.1, 0.15) is 66.3 Å². The number of hydrogen-bond donors (Lipinski definition) is 1. The molecule has 1 amide bonds.